The van der Waals surface area contributed by atoms with Gasteiger partial charge in [0.15, 0.2) is 0 Å². The maximum absolute atomic E-state index is 10.1. The minimum Gasteiger partial charge on any atom is -0.491 e. The monoisotopic (exact) mass is 436 g/mol. The standard InChI is InChI=1S/C26H32N2O4/c1-19-3-7-21(8-4-19)27-15-23(29)17-31-25-11-13-26(14-12-25)32-18-24(30)16-28-22-9-5-20(2)6-10-22/h3-14,23-24,27-30H,15-18H2,1-2H3/t23-,24+. The third-order valence-electron chi connectivity index (χ3n) is 4.90. The molecule has 170 valence electrons. The Labute approximate surface area is 189 Å². The molecule has 0 fully saturated rings. The molecule has 0 heterocycles. The van der Waals surface area contributed by atoms with Gasteiger partial charge in [0.05, 0.1) is 0 Å². The number of aryl methyl sites for hydroxylation is 2. The molecule has 6 nitrogen and oxygen atoms in total. The van der Waals surface area contributed by atoms with E-state index in [9.17, 15) is 10.2 Å². The number of anilines is 2. The lowest BCUT2D eigenvalue weighted by molar-refractivity contribution is 0.115. The fourth-order valence-electron chi connectivity index (χ4n) is 2.95. The maximum Gasteiger partial charge on any atom is 0.119 e. The zero-order chi connectivity index (χ0) is 22.8. The lowest BCUT2D eigenvalue weighted by Crippen LogP contribution is -2.26. The minimum absolute atomic E-state index is 0.183. The van der Waals surface area contributed by atoms with Gasteiger partial charge in [-0.3, -0.25) is 0 Å². The number of ether oxygens (including phenoxy) is 2. The Morgan fingerprint density at radius 2 is 0.938 bits per heavy atom. The van der Waals surface area contributed by atoms with E-state index in [0.29, 0.717) is 24.6 Å². The van der Waals surface area contributed by atoms with Gasteiger partial charge in [-0.05, 0) is 62.4 Å². The third kappa shape index (κ3) is 8.13. The van der Waals surface area contributed by atoms with E-state index in [2.05, 4.69) is 10.6 Å². The molecule has 4 N–H and O–H groups in total. The largest absolute Gasteiger partial charge is 0.491 e. The molecule has 2 atom stereocenters. The Morgan fingerprint density at radius 3 is 1.28 bits per heavy atom. The lowest BCUT2D eigenvalue weighted by atomic mass is 10.2. The van der Waals surface area contributed by atoms with Gasteiger partial charge < -0.3 is 30.3 Å². The van der Waals surface area contributed by atoms with Gasteiger partial charge in [-0.1, -0.05) is 35.4 Å². The molecule has 0 aliphatic carbocycles. The van der Waals surface area contributed by atoms with Crippen molar-refractivity contribution in [2.24, 2.45) is 0 Å². The number of aliphatic hydroxyl groups excluding tert-OH is 2. The Kier molecular flexibility index (Phi) is 8.78. The van der Waals surface area contributed by atoms with E-state index in [1.807, 2.05) is 62.4 Å². The van der Waals surface area contributed by atoms with Crippen LogP contribution in [-0.4, -0.2) is 48.7 Å². The van der Waals surface area contributed by atoms with Gasteiger partial charge >= 0.3 is 0 Å². The summed E-state index contributed by atoms with van der Waals surface area (Å²) in [6.45, 7) is 5.24. The molecule has 0 amide bonds. The molecular formula is C26H32N2O4. The highest BCUT2D eigenvalue weighted by Crippen LogP contribution is 2.18. The summed E-state index contributed by atoms with van der Waals surface area (Å²) >= 11 is 0. The number of rotatable bonds is 12. The van der Waals surface area contributed by atoms with E-state index in [4.69, 9.17) is 9.47 Å². The summed E-state index contributed by atoms with van der Waals surface area (Å²) in [6, 6.07) is 23.2. The van der Waals surface area contributed by atoms with Crippen molar-refractivity contribution in [2.45, 2.75) is 26.1 Å². The van der Waals surface area contributed by atoms with Crippen molar-refractivity contribution in [1.82, 2.24) is 0 Å². The quantitative estimate of drug-likeness (QED) is 0.343. The highest BCUT2D eigenvalue weighted by Gasteiger charge is 2.08. The highest BCUT2D eigenvalue weighted by molar-refractivity contribution is 5.45. The summed E-state index contributed by atoms with van der Waals surface area (Å²) < 4.78 is 11.3. The zero-order valence-electron chi connectivity index (χ0n) is 18.6. The van der Waals surface area contributed by atoms with E-state index in [-0.39, 0.29) is 13.2 Å². The number of hydrogen-bond acceptors (Lipinski definition) is 6. The summed E-state index contributed by atoms with van der Waals surface area (Å²) in [6.07, 6.45) is -1.27. The van der Waals surface area contributed by atoms with Gasteiger partial charge in [0.2, 0.25) is 0 Å². The Balaban J connectivity index is 1.33. The first-order valence-corrected chi connectivity index (χ1v) is 10.8. The second kappa shape index (κ2) is 12.0. The topological polar surface area (TPSA) is 83.0 Å². The van der Waals surface area contributed by atoms with Gasteiger partial charge in [-0.2, -0.15) is 0 Å². The molecule has 0 aromatic heterocycles. The van der Waals surface area contributed by atoms with E-state index < -0.39 is 12.2 Å². The van der Waals surface area contributed by atoms with Gasteiger partial charge in [-0.25, -0.2) is 0 Å². The molecule has 3 rings (SSSR count). The van der Waals surface area contributed by atoms with Crippen LogP contribution in [0.15, 0.2) is 72.8 Å². The molecule has 3 aromatic carbocycles. The molecule has 0 bridgehead atoms. The first-order valence-electron chi connectivity index (χ1n) is 10.8. The van der Waals surface area contributed by atoms with Crippen LogP contribution in [0.1, 0.15) is 11.1 Å². The summed E-state index contributed by atoms with van der Waals surface area (Å²) in [5.41, 5.74) is 4.32. The number of nitrogens with one attached hydrogen (secondary N) is 2. The molecule has 0 spiro atoms. The van der Waals surface area contributed by atoms with Crippen molar-refractivity contribution >= 4 is 11.4 Å². The SMILES string of the molecule is Cc1ccc(NC[C@@H](O)COc2ccc(OC[C@@H](O)CNc3ccc(C)cc3)cc2)cc1. The summed E-state index contributed by atoms with van der Waals surface area (Å²) in [7, 11) is 0. The van der Waals surface area contributed by atoms with Crippen molar-refractivity contribution < 1.29 is 19.7 Å². The van der Waals surface area contributed by atoms with Crippen LogP contribution in [0, 0.1) is 13.8 Å². The average molecular weight is 437 g/mol. The average Bonchev–Trinajstić information content (AvgIpc) is 2.81. The molecule has 0 radical (unpaired) electrons. The number of hydrogen-bond donors (Lipinski definition) is 4. The molecule has 0 aliphatic heterocycles. The molecule has 0 aliphatic rings. The predicted octanol–water partition coefficient (Wildman–Crippen LogP) is 4.01. The van der Waals surface area contributed by atoms with Gasteiger partial charge in [-0.15, -0.1) is 0 Å². The second-order valence-electron chi connectivity index (χ2n) is 7.89. The van der Waals surface area contributed by atoms with Crippen LogP contribution in [0.3, 0.4) is 0 Å². The van der Waals surface area contributed by atoms with Crippen LogP contribution in [-0.2, 0) is 0 Å². The Morgan fingerprint density at radius 1 is 0.594 bits per heavy atom. The van der Waals surface area contributed by atoms with Gasteiger partial charge in [0, 0.05) is 24.5 Å². The highest BCUT2D eigenvalue weighted by atomic mass is 16.5. The van der Waals surface area contributed by atoms with Crippen LogP contribution in [0.4, 0.5) is 11.4 Å². The normalized spacial score (nSPS) is 12.6. The van der Waals surface area contributed by atoms with Crippen molar-refractivity contribution in [2.75, 3.05) is 36.9 Å². The van der Waals surface area contributed by atoms with E-state index in [1.165, 1.54) is 11.1 Å². The van der Waals surface area contributed by atoms with Crippen molar-refractivity contribution in [3.05, 3.63) is 83.9 Å². The molecular weight excluding hydrogens is 404 g/mol. The lowest BCUT2D eigenvalue weighted by Gasteiger charge is -2.15. The Bertz CT molecular complexity index is 849. The van der Waals surface area contributed by atoms with Crippen molar-refractivity contribution in [3.8, 4) is 11.5 Å². The van der Waals surface area contributed by atoms with E-state index in [1.54, 1.807) is 24.3 Å². The maximum atomic E-state index is 10.1. The summed E-state index contributed by atoms with van der Waals surface area (Å²) in [5.74, 6) is 1.29. The zero-order valence-corrected chi connectivity index (χ0v) is 18.6. The van der Waals surface area contributed by atoms with Crippen LogP contribution < -0.4 is 20.1 Å². The fourth-order valence-corrected chi connectivity index (χ4v) is 2.95. The molecule has 3 aromatic rings. The molecule has 32 heavy (non-hydrogen) atoms. The third-order valence-corrected chi connectivity index (χ3v) is 4.90. The van der Waals surface area contributed by atoms with E-state index in [0.717, 1.165) is 11.4 Å². The number of benzene rings is 3. The van der Waals surface area contributed by atoms with Crippen LogP contribution in [0.5, 0.6) is 11.5 Å². The van der Waals surface area contributed by atoms with Crippen molar-refractivity contribution in [3.63, 3.8) is 0 Å². The van der Waals surface area contributed by atoms with Crippen molar-refractivity contribution in [1.29, 1.82) is 0 Å². The number of aliphatic hydroxyl groups is 2. The molecule has 0 saturated carbocycles. The Hall–Kier alpha value is -3.22. The smallest absolute Gasteiger partial charge is 0.119 e. The minimum atomic E-state index is -0.636. The predicted molar refractivity (Wildman–Crippen MR) is 129 cm³/mol. The fraction of sp³-hybridized carbons (Fsp3) is 0.308. The molecule has 6 heteroatoms. The molecule has 0 unspecified atom stereocenters. The summed E-state index contributed by atoms with van der Waals surface area (Å²) in [5, 5.41) is 26.6. The first-order chi connectivity index (χ1) is 15.5. The molecule has 0 saturated heterocycles. The first kappa shape index (κ1) is 23.4. The second-order valence-corrected chi connectivity index (χ2v) is 7.89. The van der Waals surface area contributed by atoms with Gasteiger partial charge in [0.1, 0.15) is 36.9 Å². The van der Waals surface area contributed by atoms with E-state index >= 15 is 0 Å². The van der Waals surface area contributed by atoms with Crippen LogP contribution in [0.25, 0.3) is 0 Å². The summed E-state index contributed by atoms with van der Waals surface area (Å²) in [4.78, 5) is 0. The van der Waals surface area contributed by atoms with Gasteiger partial charge in [0.25, 0.3) is 0 Å². The van der Waals surface area contributed by atoms with Crippen LogP contribution in [0.2, 0.25) is 0 Å². The van der Waals surface area contributed by atoms with Crippen LogP contribution >= 0.6 is 0 Å².